The van der Waals surface area contributed by atoms with Crippen LogP contribution in [0.2, 0.25) is 0 Å². The zero-order valence-corrected chi connectivity index (χ0v) is 15.3. The molecule has 1 aliphatic rings. The highest BCUT2D eigenvalue weighted by molar-refractivity contribution is 5.94. The molecule has 2 aromatic carbocycles. The molecule has 2 amide bonds. The molecule has 0 bridgehead atoms. The van der Waals surface area contributed by atoms with Crippen LogP contribution in [0.25, 0.3) is 17.0 Å². The summed E-state index contributed by atoms with van der Waals surface area (Å²) in [5, 5.41) is 4.02. The first kappa shape index (κ1) is 17.1. The molecule has 5 nitrogen and oxygen atoms in total. The average Bonchev–Trinajstić information content (AvgIpc) is 3.01. The molecule has 0 spiro atoms. The molecule has 0 unspecified atom stereocenters. The molecule has 0 radical (unpaired) electrons. The van der Waals surface area contributed by atoms with E-state index in [0.717, 1.165) is 33.4 Å². The van der Waals surface area contributed by atoms with Crippen molar-refractivity contribution in [3.05, 3.63) is 71.6 Å². The quantitative estimate of drug-likeness (QED) is 0.729. The van der Waals surface area contributed by atoms with Gasteiger partial charge >= 0.3 is 0 Å². The van der Waals surface area contributed by atoms with Crippen molar-refractivity contribution in [2.75, 3.05) is 5.32 Å². The number of aromatic amines is 1. The molecular formula is C22H21N3O2. The lowest BCUT2D eigenvalue weighted by atomic mass is 9.93. The lowest BCUT2D eigenvalue weighted by Crippen LogP contribution is -2.33. The summed E-state index contributed by atoms with van der Waals surface area (Å²) < 4.78 is 0. The van der Waals surface area contributed by atoms with Gasteiger partial charge in [-0.3, -0.25) is 9.59 Å². The Morgan fingerprint density at radius 3 is 2.78 bits per heavy atom. The van der Waals surface area contributed by atoms with Gasteiger partial charge in [0.2, 0.25) is 11.8 Å². The van der Waals surface area contributed by atoms with Gasteiger partial charge in [-0.25, -0.2) is 0 Å². The second-order valence-electron chi connectivity index (χ2n) is 6.89. The van der Waals surface area contributed by atoms with E-state index < -0.39 is 0 Å². The number of benzene rings is 2. The zero-order valence-electron chi connectivity index (χ0n) is 15.3. The minimum atomic E-state index is -0.304. The van der Waals surface area contributed by atoms with Gasteiger partial charge in [-0.15, -0.1) is 0 Å². The Morgan fingerprint density at radius 2 is 1.96 bits per heavy atom. The molecule has 0 saturated carbocycles. The van der Waals surface area contributed by atoms with Crippen molar-refractivity contribution in [1.29, 1.82) is 0 Å². The monoisotopic (exact) mass is 359 g/mol. The van der Waals surface area contributed by atoms with Crippen molar-refractivity contribution < 1.29 is 9.59 Å². The van der Waals surface area contributed by atoms with Crippen LogP contribution < -0.4 is 5.32 Å². The molecule has 0 fully saturated rings. The molecule has 1 atom stereocenters. The van der Waals surface area contributed by atoms with Crippen LogP contribution in [0.5, 0.6) is 0 Å². The smallest absolute Gasteiger partial charge is 0.226 e. The normalized spacial score (nSPS) is 15.6. The number of aromatic nitrogens is 1. The number of aryl methyl sites for hydroxylation is 1. The van der Waals surface area contributed by atoms with Crippen LogP contribution in [0, 0.1) is 6.92 Å². The molecule has 1 aliphatic heterocycles. The maximum atomic E-state index is 12.7. The number of anilines is 1. The first-order chi connectivity index (χ1) is 13.0. The number of H-pyrrole nitrogens is 1. The fourth-order valence-electron chi connectivity index (χ4n) is 3.66. The number of rotatable bonds is 3. The molecule has 0 aliphatic carbocycles. The number of fused-ring (bicyclic) bond motifs is 2. The van der Waals surface area contributed by atoms with Crippen molar-refractivity contribution in [2.45, 2.75) is 26.3 Å². The predicted molar refractivity (Wildman–Crippen MR) is 107 cm³/mol. The maximum Gasteiger partial charge on any atom is 0.226 e. The third kappa shape index (κ3) is 3.36. The SMILES string of the molecule is CC(=O)N1C=Cc2ccccc2[C@H]1CC(=O)Nc1ccc2[nH]c(C)cc2c1. The van der Waals surface area contributed by atoms with Gasteiger partial charge in [0.15, 0.2) is 0 Å². The second-order valence-corrected chi connectivity index (χ2v) is 6.89. The van der Waals surface area contributed by atoms with Gasteiger partial charge in [-0.05, 0) is 48.4 Å². The van der Waals surface area contributed by atoms with Gasteiger partial charge in [-0.2, -0.15) is 0 Å². The van der Waals surface area contributed by atoms with Crippen LogP contribution in [-0.4, -0.2) is 21.7 Å². The minimum Gasteiger partial charge on any atom is -0.359 e. The van der Waals surface area contributed by atoms with Crippen molar-refractivity contribution in [2.24, 2.45) is 0 Å². The minimum absolute atomic E-state index is 0.0808. The number of carbonyl (C=O) groups excluding carboxylic acids is 2. The van der Waals surface area contributed by atoms with Gasteiger partial charge in [0, 0.05) is 35.4 Å². The lowest BCUT2D eigenvalue weighted by molar-refractivity contribution is -0.129. The molecule has 0 saturated heterocycles. The fraction of sp³-hybridized carbons (Fsp3) is 0.182. The van der Waals surface area contributed by atoms with E-state index in [0.29, 0.717) is 0 Å². The van der Waals surface area contributed by atoms with Gasteiger partial charge in [-0.1, -0.05) is 24.3 Å². The van der Waals surface area contributed by atoms with E-state index >= 15 is 0 Å². The Labute approximate surface area is 157 Å². The van der Waals surface area contributed by atoms with Crippen LogP contribution in [0.4, 0.5) is 5.69 Å². The Morgan fingerprint density at radius 1 is 1.15 bits per heavy atom. The van der Waals surface area contributed by atoms with E-state index in [4.69, 9.17) is 0 Å². The predicted octanol–water partition coefficient (Wildman–Crippen LogP) is 4.38. The highest BCUT2D eigenvalue weighted by Crippen LogP contribution is 2.33. The van der Waals surface area contributed by atoms with Gasteiger partial charge < -0.3 is 15.2 Å². The van der Waals surface area contributed by atoms with E-state index in [1.807, 2.05) is 61.5 Å². The lowest BCUT2D eigenvalue weighted by Gasteiger charge is -2.32. The topological polar surface area (TPSA) is 65.2 Å². The van der Waals surface area contributed by atoms with Crippen LogP contribution >= 0.6 is 0 Å². The third-order valence-electron chi connectivity index (χ3n) is 4.89. The Kier molecular flexibility index (Phi) is 4.28. The van der Waals surface area contributed by atoms with Crippen LogP contribution in [0.3, 0.4) is 0 Å². The fourth-order valence-corrected chi connectivity index (χ4v) is 3.66. The van der Waals surface area contributed by atoms with Crippen molar-refractivity contribution in [3.63, 3.8) is 0 Å². The van der Waals surface area contributed by atoms with E-state index in [2.05, 4.69) is 10.3 Å². The highest BCUT2D eigenvalue weighted by atomic mass is 16.2. The molecule has 136 valence electrons. The first-order valence-corrected chi connectivity index (χ1v) is 8.96. The highest BCUT2D eigenvalue weighted by Gasteiger charge is 2.28. The number of nitrogens with zero attached hydrogens (tertiary/aromatic N) is 1. The van der Waals surface area contributed by atoms with E-state index in [-0.39, 0.29) is 24.3 Å². The van der Waals surface area contributed by atoms with Crippen LogP contribution in [0.15, 0.2) is 54.7 Å². The Hall–Kier alpha value is -3.34. The maximum absolute atomic E-state index is 12.7. The summed E-state index contributed by atoms with van der Waals surface area (Å²) in [4.78, 5) is 29.7. The number of carbonyl (C=O) groups is 2. The van der Waals surface area contributed by atoms with Crippen LogP contribution in [-0.2, 0) is 9.59 Å². The summed E-state index contributed by atoms with van der Waals surface area (Å²) in [6.45, 7) is 3.52. The third-order valence-corrected chi connectivity index (χ3v) is 4.89. The van der Waals surface area contributed by atoms with Crippen LogP contribution in [0.1, 0.15) is 36.2 Å². The van der Waals surface area contributed by atoms with Gasteiger partial charge in [0.25, 0.3) is 0 Å². The average molecular weight is 359 g/mol. The summed E-state index contributed by atoms with van der Waals surface area (Å²) >= 11 is 0. The largest absolute Gasteiger partial charge is 0.359 e. The van der Waals surface area contributed by atoms with E-state index in [9.17, 15) is 9.59 Å². The zero-order chi connectivity index (χ0) is 19.0. The second kappa shape index (κ2) is 6.76. The molecule has 2 N–H and O–H groups in total. The summed E-state index contributed by atoms with van der Waals surface area (Å²) in [7, 11) is 0. The molecule has 27 heavy (non-hydrogen) atoms. The molecule has 3 aromatic rings. The molecule has 5 heteroatoms. The van der Waals surface area contributed by atoms with E-state index in [1.165, 1.54) is 6.92 Å². The number of nitrogens with one attached hydrogen (secondary N) is 2. The van der Waals surface area contributed by atoms with Gasteiger partial charge in [0.1, 0.15) is 0 Å². The number of amides is 2. The summed E-state index contributed by atoms with van der Waals surface area (Å²) in [5.41, 5.74) is 4.90. The van der Waals surface area contributed by atoms with Gasteiger partial charge in [0.05, 0.1) is 12.5 Å². The van der Waals surface area contributed by atoms with Crippen molar-refractivity contribution in [1.82, 2.24) is 9.88 Å². The van der Waals surface area contributed by atoms with Crippen molar-refractivity contribution >= 4 is 34.5 Å². The standard InChI is InChI=1S/C22H21N3O2/c1-14-11-17-12-18(7-8-20(17)23-14)24-22(27)13-21-19-6-4-3-5-16(19)9-10-25(21)15(2)26/h3-12,21,23H,13H2,1-2H3,(H,24,27)/t21-/m1/s1. The Bertz CT molecular complexity index is 1060. The summed E-state index contributed by atoms with van der Waals surface area (Å²) in [6.07, 6.45) is 3.87. The Balaban J connectivity index is 1.56. The van der Waals surface area contributed by atoms with Crippen molar-refractivity contribution in [3.8, 4) is 0 Å². The van der Waals surface area contributed by atoms with E-state index in [1.54, 1.807) is 11.1 Å². The summed E-state index contributed by atoms with van der Waals surface area (Å²) in [6, 6.07) is 15.4. The first-order valence-electron chi connectivity index (χ1n) is 8.96. The summed E-state index contributed by atoms with van der Waals surface area (Å²) in [5.74, 6) is -0.203. The number of hydrogen-bond donors (Lipinski definition) is 2. The molecular weight excluding hydrogens is 338 g/mol. The molecule has 4 rings (SSSR count). The molecule has 1 aromatic heterocycles. The number of hydrogen-bond acceptors (Lipinski definition) is 2. The molecule has 2 heterocycles.